The number of fused-ring (bicyclic) bond motifs is 2. The second kappa shape index (κ2) is 7.66. The first-order valence-electron chi connectivity index (χ1n) is 11.1. The number of benzene rings is 3. The molecule has 0 radical (unpaired) electrons. The highest BCUT2D eigenvalue weighted by Gasteiger charge is 2.30. The van der Waals surface area contributed by atoms with Crippen molar-refractivity contribution in [3.05, 3.63) is 64.3 Å². The van der Waals surface area contributed by atoms with Crippen molar-refractivity contribution >= 4 is 44.8 Å². The Hall–Kier alpha value is -3.80. The van der Waals surface area contributed by atoms with Gasteiger partial charge in [-0.05, 0) is 57.7 Å². The highest BCUT2D eigenvalue weighted by molar-refractivity contribution is 6.22. The van der Waals surface area contributed by atoms with Crippen LogP contribution in [0, 0.1) is 20.8 Å². The lowest BCUT2D eigenvalue weighted by molar-refractivity contribution is 0.0518. The fourth-order valence-electron chi connectivity index (χ4n) is 4.87. The topological polar surface area (TPSA) is 70.7 Å². The van der Waals surface area contributed by atoms with Gasteiger partial charge in [-0.2, -0.15) is 0 Å². The highest BCUT2D eigenvalue weighted by atomic mass is 16.5. The van der Waals surface area contributed by atoms with Crippen LogP contribution in [-0.2, 0) is 9.47 Å². The molecule has 168 valence electrons. The summed E-state index contributed by atoms with van der Waals surface area (Å²) in [5.74, 6) is -0.808. The van der Waals surface area contributed by atoms with Crippen LogP contribution in [0.3, 0.4) is 0 Å². The van der Waals surface area contributed by atoms with Crippen molar-refractivity contribution in [1.29, 1.82) is 0 Å². The van der Waals surface area contributed by atoms with Gasteiger partial charge in [0.05, 0.1) is 35.5 Å². The number of ether oxygens (including phenoxy) is 2. The van der Waals surface area contributed by atoms with Crippen LogP contribution in [0.1, 0.15) is 51.4 Å². The van der Waals surface area contributed by atoms with E-state index in [0.29, 0.717) is 27.9 Å². The third-order valence-electron chi connectivity index (χ3n) is 6.22. The van der Waals surface area contributed by atoms with E-state index in [0.717, 1.165) is 38.6 Å². The molecule has 0 fully saturated rings. The van der Waals surface area contributed by atoms with Crippen LogP contribution >= 0.6 is 0 Å². The van der Waals surface area contributed by atoms with Gasteiger partial charge in [0.1, 0.15) is 0 Å². The van der Waals surface area contributed by atoms with E-state index >= 15 is 0 Å². The van der Waals surface area contributed by atoms with Gasteiger partial charge in [0.2, 0.25) is 0 Å². The number of carbonyl (C=O) groups is 2. The molecule has 6 heteroatoms. The zero-order valence-corrected chi connectivity index (χ0v) is 19.4. The van der Waals surface area contributed by atoms with Gasteiger partial charge in [-0.15, -0.1) is 0 Å². The number of hydrogen-bond acceptors (Lipinski definition) is 5. The van der Waals surface area contributed by atoms with Crippen LogP contribution in [0.15, 0.2) is 40.8 Å². The summed E-state index contributed by atoms with van der Waals surface area (Å²) in [4.78, 5) is 26.2. The molecule has 0 N–H and O–H groups in total. The summed E-state index contributed by atoms with van der Waals surface area (Å²) in [5, 5.41) is 2.22. The van der Waals surface area contributed by atoms with Crippen molar-refractivity contribution in [3.8, 4) is 5.69 Å². The Labute approximate surface area is 191 Å². The Morgan fingerprint density at radius 1 is 0.909 bits per heavy atom. The molecule has 0 spiro atoms. The van der Waals surface area contributed by atoms with E-state index in [4.69, 9.17) is 13.9 Å². The van der Waals surface area contributed by atoms with Crippen molar-refractivity contribution in [2.45, 2.75) is 34.6 Å². The summed E-state index contributed by atoms with van der Waals surface area (Å²) >= 11 is 0. The number of esters is 2. The normalized spacial score (nSPS) is 11.7. The first-order chi connectivity index (χ1) is 15.9. The molecule has 0 bridgehead atoms. The van der Waals surface area contributed by atoms with Crippen LogP contribution in [0.5, 0.6) is 0 Å². The van der Waals surface area contributed by atoms with Crippen molar-refractivity contribution in [3.63, 3.8) is 0 Å². The number of aromatic nitrogens is 1. The summed E-state index contributed by atoms with van der Waals surface area (Å²) < 4.78 is 19.3. The van der Waals surface area contributed by atoms with Gasteiger partial charge >= 0.3 is 11.9 Å². The molecule has 0 atom stereocenters. The largest absolute Gasteiger partial charge is 0.462 e. The molecule has 0 aromatic heterocycles. The maximum atomic E-state index is 13.1. The predicted octanol–water partition coefficient (Wildman–Crippen LogP) is 6.25. The molecule has 6 nitrogen and oxygen atoms in total. The van der Waals surface area contributed by atoms with E-state index in [-0.39, 0.29) is 13.2 Å². The van der Waals surface area contributed by atoms with Crippen molar-refractivity contribution in [1.82, 2.24) is 4.57 Å². The zero-order chi connectivity index (χ0) is 23.4. The summed E-state index contributed by atoms with van der Waals surface area (Å²) in [6, 6.07) is 11.6. The minimum absolute atomic E-state index is 0.263. The minimum atomic E-state index is -0.413. The standard InChI is InChI=1S/C27H25NO5/c1-6-31-26(29)21-15(4)25-24-23-17(21)9-8-10-18(23)22(27(30)32-7-2)16(5)28(24)19-12-11-14(3)13-20(19)33-25/h8-13H,6-7H2,1-5H3. The maximum Gasteiger partial charge on any atom is 0.340 e. The van der Waals surface area contributed by atoms with E-state index < -0.39 is 11.9 Å². The van der Waals surface area contributed by atoms with Crippen molar-refractivity contribution in [2.75, 3.05) is 13.2 Å². The van der Waals surface area contributed by atoms with E-state index in [1.807, 2.05) is 57.2 Å². The van der Waals surface area contributed by atoms with Crippen LogP contribution in [0.4, 0.5) is 0 Å². The molecular formula is C27H25NO5. The predicted molar refractivity (Wildman–Crippen MR) is 128 cm³/mol. The minimum Gasteiger partial charge on any atom is -0.462 e. The first kappa shape index (κ1) is 21.1. The average Bonchev–Trinajstić information content (AvgIpc) is 2.78. The molecule has 0 saturated carbocycles. The second-order valence-corrected chi connectivity index (χ2v) is 8.22. The Kier molecular flexibility index (Phi) is 4.89. The fourth-order valence-corrected chi connectivity index (χ4v) is 4.87. The molecule has 33 heavy (non-hydrogen) atoms. The highest BCUT2D eigenvalue weighted by Crippen LogP contribution is 2.44. The van der Waals surface area contributed by atoms with E-state index in [1.165, 1.54) is 0 Å². The monoisotopic (exact) mass is 443 g/mol. The van der Waals surface area contributed by atoms with Crippen LogP contribution < -0.4 is 0 Å². The summed E-state index contributed by atoms with van der Waals surface area (Å²) in [5.41, 5.74) is 6.37. The lowest BCUT2D eigenvalue weighted by Crippen LogP contribution is -2.18. The van der Waals surface area contributed by atoms with Crippen LogP contribution in [-0.4, -0.2) is 29.7 Å². The van der Waals surface area contributed by atoms with Crippen LogP contribution in [0.25, 0.3) is 38.5 Å². The van der Waals surface area contributed by atoms with E-state index in [9.17, 15) is 9.59 Å². The number of hydrogen-bond donors (Lipinski definition) is 0. The lowest BCUT2D eigenvalue weighted by atomic mass is 9.90. The van der Waals surface area contributed by atoms with Crippen molar-refractivity contribution < 1.29 is 23.5 Å². The smallest absolute Gasteiger partial charge is 0.340 e. The molecule has 0 saturated heterocycles. The average molecular weight is 443 g/mol. The molecule has 2 heterocycles. The molecule has 0 amide bonds. The van der Waals surface area contributed by atoms with Gasteiger partial charge in [0.25, 0.3) is 0 Å². The SMILES string of the molecule is CCOC(=O)c1c(C)c2oc3cc(C)ccc3n3c(C)c(C(=O)OCC)c4cccc1c4c2-3. The number of pyridine rings is 1. The third kappa shape index (κ3) is 2.94. The molecule has 0 aliphatic carbocycles. The summed E-state index contributed by atoms with van der Waals surface area (Å²) in [7, 11) is 0. The number of aryl methyl sites for hydroxylation is 2. The number of nitrogens with zero attached hydrogens (tertiary/aromatic N) is 1. The van der Waals surface area contributed by atoms with Gasteiger partial charge in [-0.3, -0.25) is 0 Å². The molecule has 3 aromatic carbocycles. The number of rotatable bonds is 4. The van der Waals surface area contributed by atoms with Crippen LogP contribution in [0.2, 0.25) is 0 Å². The summed E-state index contributed by atoms with van der Waals surface area (Å²) in [6.45, 7) is 9.90. The Morgan fingerprint density at radius 2 is 1.55 bits per heavy atom. The van der Waals surface area contributed by atoms with E-state index in [1.54, 1.807) is 13.8 Å². The molecule has 2 aliphatic heterocycles. The Morgan fingerprint density at radius 3 is 2.21 bits per heavy atom. The van der Waals surface area contributed by atoms with Gasteiger partial charge in [-0.25, -0.2) is 9.59 Å². The summed E-state index contributed by atoms with van der Waals surface area (Å²) in [6.07, 6.45) is 0. The first-order valence-corrected chi connectivity index (χ1v) is 11.1. The van der Waals surface area contributed by atoms with Gasteiger partial charge in [-0.1, -0.05) is 24.3 Å². The third-order valence-corrected chi connectivity index (χ3v) is 6.22. The van der Waals surface area contributed by atoms with Gasteiger partial charge in [0, 0.05) is 22.0 Å². The molecule has 0 unspecified atom stereocenters. The molecule has 3 aromatic rings. The molecule has 5 rings (SSSR count). The van der Waals surface area contributed by atoms with E-state index in [2.05, 4.69) is 4.57 Å². The van der Waals surface area contributed by atoms with Crippen molar-refractivity contribution in [2.24, 2.45) is 0 Å². The number of carbonyl (C=O) groups excluding carboxylic acids is 2. The molecule has 2 aliphatic rings. The maximum absolute atomic E-state index is 13.1. The lowest BCUT2D eigenvalue weighted by Gasteiger charge is -2.26. The molecular weight excluding hydrogens is 418 g/mol. The Bertz CT molecular complexity index is 1550. The zero-order valence-electron chi connectivity index (χ0n) is 19.4. The Balaban J connectivity index is 2.11. The quantitative estimate of drug-likeness (QED) is 0.187. The van der Waals surface area contributed by atoms with Gasteiger partial charge in [0.15, 0.2) is 11.2 Å². The fraction of sp³-hybridized carbons (Fsp3) is 0.259. The second-order valence-electron chi connectivity index (χ2n) is 8.22. The van der Waals surface area contributed by atoms with Gasteiger partial charge < -0.3 is 18.5 Å².